The Bertz CT molecular complexity index is 329. The standard InChI is InChI=1S/C13H22N2O4/c16-12(17)11-2-1-5-15(9-11)13(18)14-8-10-3-6-19-7-4-10/h10-11H,1-9H2,(H,14,18)(H,16,17). The molecule has 0 aromatic rings. The van der Waals surface area contributed by atoms with Gasteiger partial charge in [-0.25, -0.2) is 4.79 Å². The molecule has 2 amide bonds. The monoisotopic (exact) mass is 270 g/mol. The summed E-state index contributed by atoms with van der Waals surface area (Å²) in [4.78, 5) is 24.6. The van der Waals surface area contributed by atoms with Crippen molar-refractivity contribution in [2.24, 2.45) is 11.8 Å². The van der Waals surface area contributed by atoms with Crippen LogP contribution in [-0.4, -0.2) is 54.9 Å². The minimum atomic E-state index is -0.804. The number of ether oxygens (including phenoxy) is 1. The number of carboxylic acid groups (broad SMARTS) is 1. The van der Waals surface area contributed by atoms with Crippen molar-refractivity contribution in [3.8, 4) is 0 Å². The van der Waals surface area contributed by atoms with Gasteiger partial charge in [0.25, 0.3) is 0 Å². The van der Waals surface area contributed by atoms with Gasteiger partial charge < -0.3 is 20.1 Å². The van der Waals surface area contributed by atoms with Crippen molar-refractivity contribution in [3.05, 3.63) is 0 Å². The maximum atomic E-state index is 12.0. The Morgan fingerprint density at radius 1 is 1.26 bits per heavy atom. The molecule has 2 aliphatic heterocycles. The Kier molecular flexibility index (Phi) is 5.01. The van der Waals surface area contributed by atoms with Crippen LogP contribution in [0.4, 0.5) is 4.79 Å². The lowest BCUT2D eigenvalue weighted by atomic mass is 9.98. The van der Waals surface area contributed by atoms with E-state index in [1.54, 1.807) is 4.90 Å². The second-order valence-corrected chi connectivity index (χ2v) is 5.37. The summed E-state index contributed by atoms with van der Waals surface area (Å²) in [6.07, 6.45) is 3.40. The number of hydrogen-bond acceptors (Lipinski definition) is 3. The molecular weight excluding hydrogens is 248 g/mol. The molecule has 0 radical (unpaired) electrons. The largest absolute Gasteiger partial charge is 0.481 e. The molecule has 2 N–H and O–H groups in total. The number of rotatable bonds is 3. The van der Waals surface area contributed by atoms with Crippen molar-refractivity contribution in [3.63, 3.8) is 0 Å². The predicted octanol–water partition coefficient (Wildman–Crippen LogP) is 0.919. The fraction of sp³-hybridized carbons (Fsp3) is 0.846. The number of amides is 2. The Balaban J connectivity index is 1.74. The topological polar surface area (TPSA) is 78.9 Å². The predicted molar refractivity (Wildman–Crippen MR) is 68.9 cm³/mol. The van der Waals surface area contributed by atoms with Crippen LogP contribution in [0.2, 0.25) is 0 Å². The van der Waals surface area contributed by atoms with Gasteiger partial charge in [-0.3, -0.25) is 4.79 Å². The summed E-state index contributed by atoms with van der Waals surface area (Å²) in [7, 11) is 0. The number of likely N-dealkylation sites (tertiary alicyclic amines) is 1. The first-order valence-electron chi connectivity index (χ1n) is 7.00. The molecule has 19 heavy (non-hydrogen) atoms. The highest BCUT2D eigenvalue weighted by molar-refractivity contribution is 5.76. The molecule has 0 aromatic carbocycles. The number of nitrogens with one attached hydrogen (secondary N) is 1. The number of carbonyl (C=O) groups excluding carboxylic acids is 1. The molecule has 6 nitrogen and oxygen atoms in total. The van der Waals surface area contributed by atoms with Gasteiger partial charge in [-0.05, 0) is 31.6 Å². The third-order valence-corrected chi connectivity index (χ3v) is 3.94. The lowest BCUT2D eigenvalue weighted by Gasteiger charge is -2.31. The zero-order valence-corrected chi connectivity index (χ0v) is 11.1. The molecule has 108 valence electrons. The number of aliphatic carboxylic acids is 1. The minimum Gasteiger partial charge on any atom is -0.481 e. The first kappa shape index (κ1) is 14.1. The van der Waals surface area contributed by atoms with Crippen LogP contribution in [0.15, 0.2) is 0 Å². The van der Waals surface area contributed by atoms with E-state index in [0.29, 0.717) is 32.0 Å². The van der Waals surface area contributed by atoms with Crippen molar-refractivity contribution in [2.75, 3.05) is 32.8 Å². The molecule has 0 aliphatic carbocycles. The molecule has 0 bridgehead atoms. The summed E-state index contributed by atoms with van der Waals surface area (Å²) < 4.78 is 5.27. The molecule has 2 saturated heterocycles. The van der Waals surface area contributed by atoms with E-state index < -0.39 is 11.9 Å². The number of nitrogens with zero attached hydrogens (tertiary/aromatic N) is 1. The van der Waals surface area contributed by atoms with Gasteiger partial charge in [0, 0.05) is 32.8 Å². The van der Waals surface area contributed by atoms with Gasteiger partial charge in [0.2, 0.25) is 0 Å². The highest BCUT2D eigenvalue weighted by Crippen LogP contribution is 2.17. The summed E-state index contributed by atoms with van der Waals surface area (Å²) in [5.74, 6) is -0.734. The number of urea groups is 1. The van der Waals surface area contributed by atoms with Crippen molar-refractivity contribution < 1.29 is 19.4 Å². The van der Waals surface area contributed by atoms with Crippen LogP contribution in [0.1, 0.15) is 25.7 Å². The molecule has 2 aliphatic rings. The first-order chi connectivity index (χ1) is 9.16. The average molecular weight is 270 g/mol. The van der Waals surface area contributed by atoms with Crippen LogP contribution >= 0.6 is 0 Å². The van der Waals surface area contributed by atoms with Crippen molar-refractivity contribution >= 4 is 12.0 Å². The van der Waals surface area contributed by atoms with Gasteiger partial charge in [0.05, 0.1) is 5.92 Å². The minimum absolute atomic E-state index is 0.127. The highest BCUT2D eigenvalue weighted by atomic mass is 16.5. The van der Waals surface area contributed by atoms with Crippen LogP contribution in [0.3, 0.4) is 0 Å². The van der Waals surface area contributed by atoms with E-state index >= 15 is 0 Å². The highest BCUT2D eigenvalue weighted by Gasteiger charge is 2.28. The van der Waals surface area contributed by atoms with Crippen molar-refractivity contribution in [1.29, 1.82) is 0 Å². The molecule has 6 heteroatoms. The van der Waals surface area contributed by atoms with Crippen LogP contribution < -0.4 is 5.32 Å². The number of carboxylic acids is 1. The second-order valence-electron chi connectivity index (χ2n) is 5.37. The van der Waals surface area contributed by atoms with E-state index in [1.165, 1.54) is 0 Å². The summed E-state index contributed by atoms with van der Waals surface area (Å²) in [5, 5.41) is 11.9. The number of hydrogen-bond donors (Lipinski definition) is 2. The Hall–Kier alpha value is -1.30. The van der Waals surface area contributed by atoms with E-state index in [0.717, 1.165) is 32.5 Å². The Morgan fingerprint density at radius 2 is 2.00 bits per heavy atom. The van der Waals surface area contributed by atoms with E-state index in [2.05, 4.69) is 5.32 Å². The summed E-state index contributed by atoms with van der Waals surface area (Å²) in [6, 6.07) is -0.127. The molecule has 0 spiro atoms. The molecule has 1 unspecified atom stereocenters. The second kappa shape index (κ2) is 6.75. The fourth-order valence-electron chi connectivity index (χ4n) is 2.66. The van der Waals surface area contributed by atoms with Crippen LogP contribution in [0.25, 0.3) is 0 Å². The van der Waals surface area contributed by atoms with Gasteiger partial charge in [-0.2, -0.15) is 0 Å². The normalized spacial score (nSPS) is 25.1. The lowest BCUT2D eigenvalue weighted by molar-refractivity contribution is -0.143. The maximum absolute atomic E-state index is 12.0. The third-order valence-electron chi connectivity index (χ3n) is 3.94. The third kappa shape index (κ3) is 4.09. The smallest absolute Gasteiger partial charge is 0.317 e. The van der Waals surface area contributed by atoms with Crippen LogP contribution in [0.5, 0.6) is 0 Å². The molecule has 0 saturated carbocycles. The van der Waals surface area contributed by atoms with Crippen LogP contribution in [-0.2, 0) is 9.53 Å². The van der Waals surface area contributed by atoms with Gasteiger partial charge in [-0.15, -0.1) is 0 Å². The van der Waals surface area contributed by atoms with E-state index in [-0.39, 0.29) is 6.03 Å². The molecule has 2 heterocycles. The summed E-state index contributed by atoms with van der Waals surface area (Å²) >= 11 is 0. The van der Waals surface area contributed by atoms with Gasteiger partial charge >= 0.3 is 12.0 Å². The SMILES string of the molecule is O=C(O)C1CCCN(C(=O)NCC2CCOCC2)C1. The lowest BCUT2D eigenvalue weighted by Crippen LogP contribution is -2.48. The number of carbonyl (C=O) groups is 2. The average Bonchev–Trinajstić information content (AvgIpc) is 2.46. The number of piperidine rings is 1. The molecule has 0 aromatic heterocycles. The zero-order valence-electron chi connectivity index (χ0n) is 11.1. The van der Waals surface area contributed by atoms with Gasteiger partial charge in [-0.1, -0.05) is 0 Å². The summed E-state index contributed by atoms with van der Waals surface area (Å²) in [5.41, 5.74) is 0. The van der Waals surface area contributed by atoms with Gasteiger partial charge in [0.15, 0.2) is 0 Å². The zero-order chi connectivity index (χ0) is 13.7. The molecule has 2 rings (SSSR count). The first-order valence-corrected chi connectivity index (χ1v) is 7.00. The fourth-order valence-corrected chi connectivity index (χ4v) is 2.66. The van der Waals surface area contributed by atoms with Crippen LogP contribution in [0, 0.1) is 11.8 Å². The summed E-state index contributed by atoms with van der Waals surface area (Å²) in [6.45, 7) is 3.19. The maximum Gasteiger partial charge on any atom is 0.317 e. The van der Waals surface area contributed by atoms with Crippen molar-refractivity contribution in [1.82, 2.24) is 10.2 Å². The van der Waals surface area contributed by atoms with E-state index in [9.17, 15) is 9.59 Å². The molecule has 1 atom stereocenters. The quantitative estimate of drug-likeness (QED) is 0.799. The molecule has 2 fully saturated rings. The van der Waals surface area contributed by atoms with E-state index in [4.69, 9.17) is 9.84 Å². The van der Waals surface area contributed by atoms with Crippen molar-refractivity contribution in [2.45, 2.75) is 25.7 Å². The molecular formula is C13H22N2O4. The Labute approximate surface area is 113 Å². The van der Waals surface area contributed by atoms with E-state index in [1.807, 2.05) is 0 Å². The van der Waals surface area contributed by atoms with Gasteiger partial charge in [0.1, 0.15) is 0 Å². The Morgan fingerprint density at radius 3 is 2.68 bits per heavy atom.